The van der Waals surface area contributed by atoms with E-state index in [1.807, 2.05) is 6.92 Å². The summed E-state index contributed by atoms with van der Waals surface area (Å²) in [6, 6.07) is 12.1. The number of hydrogen-bond donors (Lipinski definition) is 2. The van der Waals surface area contributed by atoms with E-state index in [2.05, 4.69) is 15.8 Å². The predicted molar refractivity (Wildman–Crippen MR) is 106 cm³/mol. The molecule has 0 spiro atoms. The highest BCUT2D eigenvalue weighted by atomic mass is 35.5. The van der Waals surface area contributed by atoms with Crippen LogP contribution in [-0.2, 0) is 16.1 Å². The standard InChI is InChI=1S/C19H19Cl2N3O3/c1-2-9-27-16-7-3-13(4-8-16)11-23-24-19(26)18(25)22-12-14-5-6-15(20)10-17(14)21/h3-8,10-11H,2,9,12H2,1H3,(H,22,25)(H,24,26)/b23-11-. The van der Waals surface area contributed by atoms with Crippen molar-refractivity contribution in [2.75, 3.05) is 6.61 Å². The summed E-state index contributed by atoms with van der Waals surface area (Å²) in [5, 5.41) is 7.14. The van der Waals surface area contributed by atoms with Gasteiger partial charge in [-0.2, -0.15) is 5.10 Å². The zero-order valence-electron chi connectivity index (χ0n) is 14.7. The average Bonchev–Trinajstić information content (AvgIpc) is 2.66. The molecule has 142 valence electrons. The van der Waals surface area contributed by atoms with Gasteiger partial charge in [-0.05, 0) is 53.9 Å². The Morgan fingerprint density at radius 1 is 1.11 bits per heavy atom. The number of nitrogens with one attached hydrogen (secondary N) is 2. The third-order valence-electron chi connectivity index (χ3n) is 3.39. The minimum absolute atomic E-state index is 0.102. The van der Waals surface area contributed by atoms with Gasteiger partial charge in [0.2, 0.25) is 0 Å². The van der Waals surface area contributed by atoms with Crippen LogP contribution in [0.25, 0.3) is 0 Å². The van der Waals surface area contributed by atoms with Crippen molar-refractivity contribution in [3.05, 3.63) is 63.6 Å². The molecule has 0 heterocycles. The normalized spacial score (nSPS) is 10.6. The second-order valence-electron chi connectivity index (χ2n) is 5.54. The van der Waals surface area contributed by atoms with Gasteiger partial charge in [0.15, 0.2) is 0 Å². The lowest BCUT2D eigenvalue weighted by atomic mass is 10.2. The number of halogens is 2. The summed E-state index contributed by atoms with van der Waals surface area (Å²) in [7, 11) is 0. The molecule has 2 aromatic carbocycles. The summed E-state index contributed by atoms with van der Waals surface area (Å²) in [6.45, 7) is 2.79. The van der Waals surface area contributed by atoms with Crippen molar-refractivity contribution < 1.29 is 14.3 Å². The van der Waals surface area contributed by atoms with Crippen LogP contribution < -0.4 is 15.5 Å². The van der Waals surface area contributed by atoms with E-state index in [1.54, 1.807) is 42.5 Å². The van der Waals surface area contributed by atoms with Crippen molar-refractivity contribution in [1.29, 1.82) is 0 Å². The van der Waals surface area contributed by atoms with Gasteiger partial charge in [-0.25, -0.2) is 5.43 Å². The van der Waals surface area contributed by atoms with Crippen LogP contribution >= 0.6 is 23.2 Å². The summed E-state index contributed by atoms with van der Waals surface area (Å²) in [6.07, 6.45) is 2.37. The SMILES string of the molecule is CCCOc1ccc(/C=N\NC(=O)C(=O)NCc2ccc(Cl)cc2Cl)cc1. The summed E-state index contributed by atoms with van der Waals surface area (Å²) < 4.78 is 5.48. The Bertz CT molecular complexity index is 823. The molecule has 0 aromatic heterocycles. The number of carbonyl (C=O) groups is 2. The molecule has 2 aromatic rings. The Morgan fingerprint density at radius 2 is 1.85 bits per heavy atom. The van der Waals surface area contributed by atoms with Crippen molar-refractivity contribution in [3.8, 4) is 5.75 Å². The topological polar surface area (TPSA) is 79.8 Å². The van der Waals surface area contributed by atoms with E-state index in [0.29, 0.717) is 22.2 Å². The first-order valence-corrected chi connectivity index (χ1v) is 9.03. The maximum absolute atomic E-state index is 11.8. The first kappa shape index (κ1) is 20.7. The number of nitrogens with zero attached hydrogens (tertiary/aromatic N) is 1. The molecule has 0 saturated heterocycles. The fourth-order valence-electron chi connectivity index (χ4n) is 2.01. The van der Waals surface area contributed by atoms with E-state index in [4.69, 9.17) is 27.9 Å². The number of hydrazone groups is 1. The Kier molecular flexibility index (Phi) is 8.10. The van der Waals surface area contributed by atoms with E-state index >= 15 is 0 Å². The fourth-order valence-corrected chi connectivity index (χ4v) is 2.48. The Balaban J connectivity index is 1.80. The van der Waals surface area contributed by atoms with Crippen LogP contribution in [0.1, 0.15) is 24.5 Å². The monoisotopic (exact) mass is 407 g/mol. The summed E-state index contributed by atoms with van der Waals surface area (Å²) in [4.78, 5) is 23.6. The summed E-state index contributed by atoms with van der Waals surface area (Å²) in [5.41, 5.74) is 3.58. The minimum atomic E-state index is -0.876. The molecule has 2 amide bonds. The van der Waals surface area contributed by atoms with Crippen LogP contribution in [0.15, 0.2) is 47.6 Å². The Hall–Kier alpha value is -2.57. The number of carbonyl (C=O) groups excluding carboxylic acids is 2. The highest BCUT2D eigenvalue weighted by molar-refractivity contribution is 6.36. The van der Waals surface area contributed by atoms with Crippen molar-refractivity contribution >= 4 is 41.2 Å². The third kappa shape index (κ3) is 6.92. The first-order valence-electron chi connectivity index (χ1n) is 8.27. The number of rotatable bonds is 7. The number of hydrogen-bond acceptors (Lipinski definition) is 4. The smallest absolute Gasteiger partial charge is 0.329 e. The second kappa shape index (κ2) is 10.5. The molecular weight excluding hydrogens is 389 g/mol. The van der Waals surface area contributed by atoms with Gasteiger partial charge in [0.1, 0.15) is 5.75 Å². The van der Waals surface area contributed by atoms with Gasteiger partial charge in [-0.15, -0.1) is 0 Å². The van der Waals surface area contributed by atoms with Crippen molar-refractivity contribution in [2.24, 2.45) is 5.10 Å². The number of benzene rings is 2. The molecule has 0 radical (unpaired) electrons. The molecule has 0 fully saturated rings. The van der Waals surface area contributed by atoms with Gasteiger partial charge >= 0.3 is 11.8 Å². The van der Waals surface area contributed by atoms with Crippen LogP contribution in [0.3, 0.4) is 0 Å². The highest BCUT2D eigenvalue weighted by Crippen LogP contribution is 2.20. The lowest BCUT2D eigenvalue weighted by Crippen LogP contribution is -2.37. The van der Waals surface area contributed by atoms with Crippen LogP contribution in [-0.4, -0.2) is 24.6 Å². The molecule has 0 aliphatic heterocycles. The van der Waals surface area contributed by atoms with Crippen molar-refractivity contribution in [1.82, 2.24) is 10.7 Å². The van der Waals surface area contributed by atoms with E-state index in [-0.39, 0.29) is 6.54 Å². The van der Waals surface area contributed by atoms with Crippen LogP contribution in [0.2, 0.25) is 10.0 Å². The largest absolute Gasteiger partial charge is 0.494 e. The fraction of sp³-hybridized carbons (Fsp3) is 0.211. The molecule has 0 saturated carbocycles. The number of amides is 2. The lowest BCUT2D eigenvalue weighted by Gasteiger charge is -2.06. The van der Waals surface area contributed by atoms with E-state index < -0.39 is 11.8 Å². The van der Waals surface area contributed by atoms with E-state index in [9.17, 15) is 9.59 Å². The van der Waals surface area contributed by atoms with Gasteiger partial charge in [-0.1, -0.05) is 36.2 Å². The molecular formula is C19H19Cl2N3O3. The molecule has 0 unspecified atom stereocenters. The molecule has 27 heavy (non-hydrogen) atoms. The second-order valence-corrected chi connectivity index (χ2v) is 6.38. The summed E-state index contributed by atoms with van der Waals surface area (Å²) >= 11 is 11.8. The van der Waals surface area contributed by atoms with Crippen LogP contribution in [0, 0.1) is 0 Å². The highest BCUT2D eigenvalue weighted by Gasteiger charge is 2.12. The summed E-state index contributed by atoms with van der Waals surface area (Å²) in [5.74, 6) is -0.931. The van der Waals surface area contributed by atoms with Crippen molar-refractivity contribution in [3.63, 3.8) is 0 Å². The van der Waals surface area contributed by atoms with E-state index in [0.717, 1.165) is 17.7 Å². The zero-order valence-corrected chi connectivity index (χ0v) is 16.2. The van der Waals surface area contributed by atoms with Gasteiger partial charge in [-0.3, -0.25) is 9.59 Å². The number of ether oxygens (including phenoxy) is 1. The molecule has 2 rings (SSSR count). The maximum Gasteiger partial charge on any atom is 0.329 e. The van der Waals surface area contributed by atoms with Gasteiger partial charge in [0.25, 0.3) is 0 Å². The van der Waals surface area contributed by atoms with Gasteiger partial charge < -0.3 is 10.1 Å². The quantitative estimate of drug-likeness (QED) is 0.418. The molecule has 0 aliphatic rings. The van der Waals surface area contributed by atoms with Crippen LogP contribution in [0.5, 0.6) is 5.75 Å². The molecule has 0 atom stereocenters. The molecule has 2 N–H and O–H groups in total. The molecule has 8 heteroatoms. The van der Waals surface area contributed by atoms with Gasteiger partial charge in [0, 0.05) is 16.6 Å². The molecule has 0 bridgehead atoms. The zero-order chi connectivity index (χ0) is 19.6. The average molecular weight is 408 g/mol. The van der Waals surface area contributed by atoms with Crippen molar-refractivity contribution in [2.45, 2.75) is 19.9 Å². The Morgan fingerprint density at radius 3 is 2.52 bits per heavy atom. The molecule has 0 aliphatic carbocycles. The first-order chi connectivity index (χ1) is 13.0. The molecule has 6 nitrogen and oxygen atoms in total. The minimum Gasteiger partial charge on any atom is -0.494 e. The maximum atomic E-state index is 11.8. The lowest BCUT2D eigenvalue weighted by molar-refractivity contribution is -0.139. The third-order valence-corrected chi connectivity index (χ3v) is 3.98. The predicted octanol–water partition coefficient (Wildman–Crippen LogP) is 3.55. The van der Waals surface area contributed by atoms with Crippen LogP contribution in [0.4, 0.5) is 0 Å². The Labute approximate surface area is 167 Å². The van der Waals surface area contributed by atoms with E-state index in [1.165, 1.54) is 6.21 Å². The van der Waals surface area contributed by atoms with Gasteiger partial charge in [0.05, 0.1) is 12.8 Å².